The van der Waals surface area contributed by atoms with E-state index in [-0.39, 0.29) is 0 Å². The Morgan fingerprint density at radius 2 is 1.03 bits per heavy atom. The van der Waals surface area contributed by atoms with Gasteiger partial charge in [0, 0.05) is 6.61 Å². The number of rotatable bonds is 21. The van der Waals surface area contributed by atoms with Gasteiger partial charge in [0.1, 0.15) is 0 Å². The van der Waals surface area contributed by atoms with Crippen molar-refractivity contribution in [2.75, 3.05) is 6.61 Å². The highest BCUT2D eigenvalue weighted by molar-refractivity contribution is 5.14. The van der Waals surface area contributed by atoms with Gasteiger partial charge in [0.2, 0.25) is 0 Å². The molecular formula is C29H52O. The van der Waals surface area contributed by atoms with E-state index in [1.165, 1.54) is 115 Å². The van der Waals surface area contributed by atoms with E-state index in [2.05, 4.69) is 44.2 Å². The van der Waals surface area contributed by atoms with Crippen LogP contribution in [0.4, 0.5) is 0 Å². The lowest BCUT2D eigenvalue weighted by atomic mass is 9.79. The van der Waals surface area contributed by atoms with Crippen molar-refractivity contribution in [2.45, 2.75) is 129 Å². The van der Waals surface area contributed by atoms with E-state index in [0.717, 1.165) is 18.3 Å². The van der Waals surface area contributed by atoms with Crippen LogP contribution in [0.15, 0.2) is 30.3 Å². The molecule has 1 aromatic rings. The minimum absolute atomic E-state index is 0.367. The highest BCUT2D eigenvalue weighted by Crippen LogP contribution is 2.31. The van der Waals surface area contributed by atoms with Crippen molar-refractivity contribution < 1.29 is 5.11 Å². The third kappa shape index (κ3) is 14.2. The van der Waals surface area contributed by atoms with E-state index in [1.54, 1.807) is 0 Å². The highest BCUT2D eigenvalue weighted by atomic mass is 16.3. The zero-order chi connectivity index (χ0) is 21.7. The van der Waals surface area contributed by atoms with Crippen molar-refractivity contribution in [3.05, 3.63) is 35.9 Å². The summed E-state index contributed by atoms with van der Waals surface area (Å²) in [6.07, 6.45) is 24.2. The van der Waals surface area contributed by atoms with E-state index in [9.17, 15) is 5.11 Å². The van der Waals surface area contributed by atoms with Crippen LogP contribution in [0.3, 0.4) is 0 Å². The molecule has 2 unspecified atom stereocenters. The number of unbranched alkanes of at least 4 members (excludes halogenated alkanes) is 10. The van der Waals surface area contributed by atoms with E-state index in [4.69, 9.17) is 0 Å². The fourth-order valence-corrected chi connectivity index (χ4v) is 4.98. The molecule has 0 aliphatic carbocycles. The third-order valence-corrected chi connectivity index (χ3v) is 6.91. The van der Waals surface area contributed by atoms with Crippen LogP contribution in [0.5, 0.6) is 0 Å². The SMILES string of the molecule is CCCCCCCCC(CCO)C(CCCCCCCC)CCCc1ccccc1. The van der Waals surface area contributed by atoms with Gasteiger partial charge in [-0.25, -0.2) is 0 Å². The Kier molecular flexibility index (Phi) is 18.2. The monoisotopic (exact) mass is 416 g/mol. The molecular weight excluding hydrogens is 364 g/mol. The number of aliphatic hydroxyl groups is 1. The molecule has 0 amide bonds. The Hall–Kier alpha value is -0.820. The molecule has 1 nitrogen and oxygen atoms in total. The minimum Gasteiger partial charge on any atom is -0.396 e. The molecule has 1 heteroatoms. The summed E-state index contributed by atoms with van der Waals surface area (Å²) < 4.78 is 0. The lowest BCUT2D eigenvalue weighted by Crippen LogP contribution is -2.17. The van der Waals surface area contributed by atoms with E-state index >= 15 is 0 Å². The summed E-state index contributed by atoms with van der Waals surface area (Å²) in [4.78, 5) is 0. The fourth-order valence-electron chi connectivity index (χ4n) is 4.98. The topological polar surface area (TPSA) is 20.2 Å². The van der Waals surface area contributed by atoms with Crippen molar-refractivity contribution in [1.29, 1.82) is 0 Å². The van der Waals surface area contributed by atoms with E-state index in [1.807, 2.05) is 0 Å². The number of hydrogen-bond donors (Lipinski definition) is 1. The molecule has 1 rings (SSSR count). The quantitative estimate of drug-likeness (QED) is 0.198. The van der Waals surface area contributed by atoms with Crippen molar-refractivity contribution in [3.63, 3.8) is 0 Å². The van der Waals surface area contributed by atoms with Crippen molar-refractivity contribution in [1.82, 2.24) is 0 Å². The normalized spacial score (nSPS) is 13.4. The summed E-state index contributed by atoms with van der Waals surface area (Å²) in [7, 11) is 0. The van der Waals surface area contributed by atoms with Crippen molar-refractivity contribution in [3.8, 4) is 0 Å². The van der Waals surface area contributed by atoms with Crippen LogP contribution in [0.1, 0.15) is 129 Å². The summed E-state index contributed by atoms with van der Waals surface area (Å²) >= 11 is 0. The number of hydrogen-bond acceptors (Lipinski definition) is 1. The molecule has 0 saturated heterocycles. The van der Waals surface area contributed by atoms with Gasteiger partial charge >= 0.3 is 0 Å². The first-order valence-electron chi connectivity index (χ1n) is 13.5. The maximum absolute atomic E-state index is 9.73. The molecule has 174 valence electrons. The zero-order valence-electron chi connectivity index (χ0n) is 20.4. The summed E-state index contributed by atoms with van der Waals surface area (Å²) in [6, 6.07) is 11.0. The Morgan fingerprint density at radius 1 is 0.567 bits per heavy atom. The van der Waals surface area contributed by atoms with Gasteiger partial charge in [0.05, 0.1) is 0 Å². The maximum Gasteiger partial charge on any atom is 0.0433 e. The van der Waals surface area contributed by atoms with Gasteiger partial charge in [-0.1, -0.05) is 134 Å². The van der Waals surface area contributed by atoms with Gasteiger partial charge in [-0.2, -0.15) is 0 Å². The van der Waals surface area contributed by atoms with Crippen LogP contribution in [0, 0.1) is 11.8 Å². The Balaban J connectivity index is 2.47. The molecule has 0 fully saturated rings. The maximum atomic E-state index is 9.73. The second-order valence-corrected chi connectivity index (χ2v) is 9.52. The molecule has 2 atom stereocenters. The van der Waals surface area contributed by atoms with Crippen molar-refractivity contribution in [2.24, 2.45) is 11.8 Å². The Morgan fingerprint density at radius 3 is 1.57 bits per heavy atom. The summed E-state index contributed by atoms with van der Waals surface area (Å²) in [5.74, 6) is 1.54. The molecule has 0 aliphatic rings. The van der Waals surface area contributed by atoms with Gasteiger partial charge in [-0.3, -0.25) is 0 Å². The van der Waals surface area contributed by atoms with Crippen LogP contribution in [-0.2, 0) is 6.42 Å². The molecule has 0 saturated carbocycles. The predicted molar refractivity (Wildman–Crippen MR) is 134 cm³/mol. The van der Waals surface area contributed by atoms with Crippen LogP contribution in [0.2, 0.25) is 0 Å². The Bertz CT molecular complexity index is 455. The molecule has 0 spiro atoms. The van der Waals surface area contributed by atoms with Crippen LogP contribution >= 0.6 is 0 Å². The van der Waals surface area contributed by atoms with Gasteiger partial charge in [0.25, 0.3) is 0 Å². The van der Waals surface area contributed by atoms with Gasteiger partial charge in [-0.15, -0.1) is 0 Å². The van der Waals surface area contributed by atoms with Crippen LogP contribution in [-0.4, -0.2) is 11.7 Å². The first kappa shape index (κ1) is 27.2. The average Bonchev–Trinajstić information content (AvgIpc) is 2.77. The largest absolute Gasteiger partial charge is 0.396 e. The lowest BCUT2D eigenvalue weighted by molar-refractivity contribution is 0.189. The predicted octanol–water partition coefficient (Wildman–Crippen LogP) is 9.13. The first-order chi connectivity index (χ1) is 14.8. The molecule has 0 bridgehead atoms. The highest BCUT2D eigenvalue weighted by Gasteiger charge is 2.20. The van der Waals surface area contributed by atoms with Crippen LogP contribution in [0.25, 0.3) is 0 Å². The second-order valence-electron chi connectivity index (χ2n) is 9.52. The Labute approximate surface area is 189 Å². The lowest BCUT2D eigenvalue weighted by Gasteiger charge is -2.27. The molecule has 0 heterocycles. The molecule has 0 aliphatic heterocycles. The van der Waals surface area contributed by atoms with Gasteiger partial charge in [-0.05, 0) is 43.1 Å². The standard InChI is InChI=1S/C29H52O/c1-3-5-7-9-11-16-22-28(24-18-21-27-19-14-13-15-20-27)29(25-26-30)23-17-12-10-8-6-4-2/h13-15,19-20,28-30H,3-12,16-18,21-26H2,1-2H3. The minimum atomic E-state index is 0.367. The van der Waals surface area contributed by atoms with E-state index in [0.29, 0.717) is 6.61 Å². The van der Waals surface area contributed by atoms with Crippen molar-refractivity contribution >= 4 is 0 Å². The number of aliphatic hydroxyl groups excluding tert-OH is 1. The number of aryl methyl sites for hydroxylation is 1. The fraction of sp³-hybridized carbons (Fsp3) is 0.793. The average molecular weight is 417 g/mol. The van der Waals surface area contributed by atoms with Gasteiger partial charge < -0.3 is 5.11 Å². The van der Waals surface area contributed by atoms with Gasteiger partial charge in [0.15, 0.2) is 0 Å². The molecule has 1 N–H and O–H groups in total. The van der Waals surface area contributed by atoms with Crippen LogP contribution < -0.4 is 0 Å². The smallest absolute Gasteiger partial charge is 0.0433 e. The summed E-state index contributed by atoms with van der Waals surface area (Å²) in [5, 5.41) is 9.73. The van der Waals surface area contributed by atoms with E-state index < -0.39 is 0 Å². The molecule has 1 aromatic carbocycles. The first-order valence-corrected chi connectivity index (χ1v) is 13.5. The second kappa shape index (κ2) is 20.1. The zero-order valence-corrected chi connectivity index (χ0v) is 20.4. The summed E-state index contributed by atoms with van der Waals surface area (Å²) in [5.41, 5.74) is 1.48. The molecule has 30 heavy (non-hydrogen) atoms. The number of benzene rings is 1. The summed E-state index contributed by atoms with van der Waals surface area (Å²) in [6.45, 7) is 4.95. The third-order valence-electron chi connectivity index (χ3n) is 6.91. The molecule has 0 radical (unpaired) electrons. The molecule has 0 aromatic heterocycles.